The minimum atomic E-state index is 0.610. The Morgan fingerprint density at radius 3 is 2.67 bits per heavy atom. The second-order valence-electron chi connectivity index (χ2n) is 6.37. The van der Waals surface area contributed by atoms with E-state index in [1.807, 2.05) is 11.7 Å². The molecule has 2 heterocycles. The molecule has 21 heavy (non-hydrogen) atoms. The Bertz CT molecular complexity index is 471. The van der Waals surface area contributed by atoms with E-state index in [4.69, 9.17) is 0 Å². The van der Waals surface area contributed by atoms with E-state index in [1.54, 1.807) is 0 Å². The van der Waals surface area contributed by atoms with Crippen molar-refractivity contribution < 1.29 is 0 Å². The maximum absolute atomic E-state index is 4.53. The van der Waals surface area contributed by atoms with Crippen LogP contribution in [0.4, 0.5) is 0 Å². The minimum Gasteiger partial charge on any atom is -0.311 e. The number of aromatic nitrogens is 2. The number of nitrogens with zero attached hydrogens (tertiary/aromatic N) is 3. The van der Waals surface area contributed by atoms with Gasteiger partial charge in [-0.15, -0.1) is 0 Å². The van der Waals surface area contributed by atoms with E-state index in [0.717, 1.165) is 25.3 Å². The van der Waals surface area contributed by atoms with Crippen molar-refractivity contribution in [2.45, 2.75) is 59.2 Å². The monoisotopic (exact) mass is 356 g/mol. The van der Waals surface area contributed by atoms with Crippen LogP contribution in [-0.4, -0.2) is 39.9 Å². The summed E-state index contributed by atoms with van der Waals surface area (Å²) in [5.74, 6) is 0.711. The quantitative estimate of drug-likeness (QED) is 0.879. The van der Waals surface area contributed by atoms with Crippen molar-refractivity contribution in [3.63, 3.8) is 0 Å². The molecule has 0 radical (unpaired) electrons. The highest BCUT2D eigenvalue weighted by molar-refractivity contribution is 9.10. The van der Waals surface area contributed by atoms with Crippen LogP contribution in [0.15, 0.2) is 4.47 Å². The van der Waals surface area contributed by atoms with Crippen molar-refractivity contribution >= 4 is 15.9 Å². The maximum atomic E-state index is 4.53. The van der Waals surface area contributed by atoms with Gasteiger partial charge in [0, 0.05) is 38.8 Å². The van der Waals surface area contributed by atoms with E-state index < -0.39 is 0 Å². The Kier molecular flexibility index (Phi) is 5.86. The number of aryl methyl sites for hydroxylation is 2. The molecule has 0 spiro atoms. The zero-order chi connectivity index (χ0) is 15.6. The average molecular weight is 357 g/mol. The molecule has 0 bridgehead atoms. The molecule has 1 N–H and O–H groups in total. The molecule has 1 aliphatic rings. The standard InChI is InChI=1S/C16H29BrN4/c1-6-11(3)14-8-18-13(7-2)9-21(14)10-15-16(17)12(4)19-20(15)5/h11,13-14,18H,6-10H2,1-5H3. The molecule has 0 amide bonds. The first-order valence-electron chi connectivity index (χ1n) is 8.13. The summed E-state index contributed by atoms with van der Waals surface area (Å²) in [6, 6.07) is 1.22. The Hall–Kier alpha value is -0.390. The normalized spacial score (nSPS) is 25.2. The van der Waals surface area contributed by atoms with Gasteiger partial charge in [-0.05, 0) is 35.2 Å². The molecule has 0 aliphatic carbocycles. The van der Waals surface area contributed by atoms with Gasteiger partial charge in [-0.25, -0.2) is 0 Å². The van der Waals surface area contributed by atoms with Crippen LogP contribution in [0.1, 0.15) is 45.0 Å². The molecule has 1 aromatic heterocycles. The topological polar surface area (TPSA) is 33.1 Å². The van der Waals surface area contributed by atoms with Gasteiger partial charge in [-0.3, -0.25) is 9.58 Å². The molecule has 120 valence electrons. The number of piperazine rings is 1. The van der Waals surface area contributed by atoms with Gasteiger partial charge in [0.15, 0.2) is 0 Å². The summed E-state index contributed by atoms with van der Waals surface area (Å²) in [6.07, 6.45) is 2.42. The van der Waals surface area contributed by atoms with Crippen LogP contribution >= 0.6 is 15.9 Å². The molecule has 5 heteroatoms. The van der Waals surface area contributed by atoms with Crippen LogP contribution in [0.2, 0.25) is 0 Å². The fourth-order valence-corrected chi connectivity index (χ4v) is 3.69. The molecule has 2 rings (SSSR count). The van der Waals surface area contributed by atoms with Crippen LogP contribution in [0, 0.1) is 12.8 Å². The first kappa shape index (κ1) is 17.0. The summed E-state index contributed by atoms with van der Waals surface area (Å²) in [5, 5.41) is 8.24. The Balaban J connectivity index is 2.19. The average Bonchev–Trinajstić information content (AvgIpc) is 2.72. The number of hydrogen-bond acceptors (Lipinski definition) is 3. The van der Waals surface area contributed by atoms with Crippen molar-refractivity contribution in [2.24, 2.45) is 13.0 Å². The van der Waals surface area contributed by atoms with Crippen molar-refractivity contribution in [1.29, 1.82) is 0 Å². The summed E-state index contributed by atoms with van der Waals surface area (Å²) in [7, 11) is 2.05. The second-order valence-corrected chi connectivity index (χ2v) is 7.16. The number of nitrogens with one attached hydrogen (secondary N) is 1. The predicted molar refractivity (Wildman–Crippen MR) is 91.4 cm³/mol. The maximum Gasteiger partial charge on any atom is 0.0739 e. The van der Waals surface area contributed by atoms with Gasteiger partial charge >= 0.3 is 0 Å². The Morgan fingerprint density at radius 1 is 1.43 bits per heavy atom. The molecule has 1 fully saturated rings. The van der Waals surface area contributed by atoms with E-state index in [9.17, 15) is 0 Å². The summed E-state index contributed by atoms with van der Waals surface area (Å²) < 4.78 is 3.19. The first-order valence-corrected chi connectivity index (χ1v) is 8.92. The van der Waals surface area contributed by atoms with Gasteiger partial charge in [0.05, 0.1) is 15.9 Å². The van der Waals surface area contributed by atoms with E-state index >= 15 is 0 Å². The third-order valence-electron chi connectivity index (χ3n) is 4.95. The second kappa shape index (κ2) is 7.25. The molecular weight excluding hydrogens is 328 g/mol. The predicted octanol–water partition coefficient (Wildman–Crippen LogP) is 3.09. The van der Waals surface area contributed by atoms with Gasteiger partial charge < -0.3 is 5.32 Å². The van der Waals surface area contributed by atoms with Crippen molar-refractivity contribution in [3.05, 3.63) is 15.9 Å². The van der Waals surface area contributed by atoms with Gasteiger partial charge in [0.1, 0.15) is 0 Å². The lowest BCUT2D eigenvalue weighted by atomic mass is 9.94. The number of rotatable bonds is 5. The summed E-state index contributed by atoms with van der Waals surface area (Å²) in [5.41, 5.74) is 2.37. The van der Waals surface area contributed by atoms with E-state index in [2.05, 4.69) is 58.9 Å². The van der Waals surface area contributed by atoms with E-state index in [-0.39, 0.29) is 0 Å². The first-order chi connectivity index (χ1) is 9.97. The fourth-order valence-electron chi connectivity index (χ4n) is 3.23. The van der Waals surface area contributed by atoms with Crippen LogP contribution in [-0.2, 0) is 13.6 Å². The Labute approximate surface area is 137 Å². The number of halogens is 1. The molecule has 1 aromatic rings. The third-order valence-corrected chi connectivity index (χ3v) is 5.98. The zero-order valence-corrected chi connectivity index (χ0v) is 15.6. The zero-order valence-electron chi connectivity index (χ0n) is 14.0. The largest absolute Gasteiger partial charge is 0.311 e. The van der Waals surface area contributed by atoms with Crippen LogP contribution in [0.25, 0.3) is 0 Å². The lowest BCUT2D eigenvalue weighted by molar-refractivity contribution is 0.0807. The van der Waals surface area contributed by atoms with Crippen LogP contribution < -0.4 is 5.32 Å². The van der Waals surface area contributed by atoms with Gasteiger partial charge in [-0.2, -0.15) is 5.10 Å². The summed E-state index contributed by atoms with van der Waals surface area (Å²) >= 11 is 3.71. The van der Waals surface area contributed by atoms with Crippen molar-refractivity contribution in [2.75, 3.05) is 13.1 Å². The minimum absolute atomic E-state index is 0.610. The molecule has 3 atom stereocenters. The SMILES string of the molecule is CCC1CN(Cc2c(Br)c(C)nn2C)C(C(C)CC)CN1. The van der Waals surface area contributed by atoms with E-state index in [0.29, 0.717) is 18.0 Å². The van der Waals surface area contributed by atoms with Crippen LogP contribution in [0.5, 0.6) is 0 Å². The van der Waals surface area contributed by atoms with Crippen LogP contribution in [0.3, 0.4) is 0 Å². The molecule has 0 saturated carbocycles. The lowest BCUT2D eigenvalue weighted by Gasteiger charge is -2.43. The Morgan fingerprint density at radius 2 is 2.14 bits per heavy atom. The lowest BCUT2D eigenvalue weighted by Crippen LogP contribution is -2.58. The highest BCUT2D eigenvalue weighted by Gasteiger charge is 2.31. The molecule has 4 nitrogen and oxygen atoms in total. The van der Waals surface area contributed by atoms with Gasteiger partial charge in [0.25, 0.3) is 0 Å². The van der Waals surface area contributed by atoms with E-state index in [1.165, 1.54) is 23.0 Å². The number of hydrogen-bond donors (Lipinski definition) is 1. The third kappa shape index (κ3) is 3.69. The van der Waals surface area contributed by atoms with Crippen molar-refractivity contribution in [1.82, 2.24) is 20.0 Å². The molecule has 3 unspecified atom stereocenters. The fraction of sp³-hybridized carbons (Fsp3) is 0.812. The molecular formula is C16H29BrN4. The molecule has 1 saturated heterocycles. The summed E-state index contributed by atoms with van der Waals surface area (Å²) in [4.78, 5) is 2.65. The van der Waals surface area contributed by atoms with Crippen molar-refractivity contribution in [3.8, 4) is 0 Å². The highest BCUT2D eigenvalue weighted by Crippen LogP contribution is 2.26. The van der Waals surface area contributed by atoms with Gasteiger partial charge in [-0.1, -0.05) is 27.2 Å². The van der Waals surface area contributed by atoms with Gasteiger partial charge in [0.2, 0.25) is 0 Å². The molecule has 1 aliphatic heterocycles. The molecule has 0 aromatic carbocycles. The highest BCUT2D eigenvalue weighted by atomic mass is 79.9. The smallest absolute Gasteiger partial charge is 0.0739 e. The summed E-state index contributed by atoms with van der Waals surface area (Å²) in [6.45, 7) is 12.2.